The van der Waals surface area contributed by atoms with Crippen LogP contribution < -0.4 is 16.6 Å². The van der Waals surface area contributed by atoms with Crippen molar-refractivity contribution >= 4 is 29.2 Å². The number of amides is 2. The van der Waals surface area contributed by atoms with E-state index in [1.807, 2.05) is 0 Å². The van der Waals surface area contributed by atoms with Crippen LogP contribution >= 0.6 is 11.6 Å². The van der Waals surface area contributed by atoms with Crippen LogP contribution in [-0.2, 0) is 0 Å². The van der Waals surface area contributed by atoms with E-state index in [0.717, 1.165) is 10.6 Å². The lowest BCUT2D eigenvalue weighted by atomic mass is 10.1. The van der Waals surface area contributed by atoms with Crippen LogP contribution in [0.3, 0.4) is 0 Å². The number of phenols is 1. The summed E-state index contributed by atoms with van der Waals surface area (Å²) >= 11 is 6.10. The van der Waals surface area contributed by atoms with E-state index >= 15 is 0 Å². The van der Waals surface area contributed by atoms with Gasteiger partial charge in [-0.25, -0.2) is 0 Å². The first-order chi connectivity index (χ1) is 10.3. The minimum Gasteiger partial charge on any atom is -0.508 e. The van der Waals surface area contributed by atoms with Gasteiger partial charge in [-0.3, -0.25) is 24.3 Å². The van der Waals surface area contributed by atoms with Crippen LogP contribution in [0.2, 0.25) is 5.02 Å². The monoisotopic (exact) mass is 319 g/mol. The summed E-state index contributed by atoms with van der Waals surface area (Å²) in [4.78, 5) is 35.6. The quantitative estimate of drug-likeness (QED) is 0.678. The van der Waals surface area contributed by atoms with Crippen molar-refractivity contribution in [2.45, 2.75) is 6.92 Å². The van der Waals surface area contributed by atoms with Gasteiger partial charge in [-0.2, -0.15) is 0 Å². The average molecular weight is 320 g/mol. The fraction of sp³-hybridized carbons (Fsp3) is 0.0714. The van der Waals surface area contributed by atoms with E-state index in [0.29, 0.717) is 5.56 Å². The minimum atomic E-state index is -0.682. The second-order valence-corrected chi connectivity index (χ2v) is 5.27. The van der Waals surface area contributed by atoms with E-state index < -0.39 is 17.4 Å². The molecule has 1 aliphatic rings. The number of imide groups is 1. The average Bonchev–Trinajstić information content (AvgIpc) is 2.70. The Hall–Kier alpha value is -2.80. The van der Waals surface area contributed by atoms with E-state index in [1.54, 1.807) is 6.92 Å². The molecule has 0 spiro atoms. The number of aromatic nitrogens is 1. The van der Waals surface area contributed by atoms with Gasteiger partial charge in [-0.15, -0.1) is 0 Å². The number of nitrogens with one attached hydrogen (secondary N) is 1. The SMILES string of the molecule is Cc1cc(Cl)c(-n2c(N)c3c(cc2=O)C(=O)NC3=O)cc1O. The molecule has 7 nitrogen and oxygen atoms in total. The number of hydrogen-bond donors (Lipinski definition) is 3. The summed E-state index contributed by atoms with van der Waals surface area (Å²) < 4.78 is 0.985. The molecule has 2 heterocycles. The molecule has 0 saturated carbocycles. The predicted octanol–water partition coefficient (Wildman–Crippen LogP) is 0.971. The molecule has 0 aliphatic carbocycles. The van der Waals surface area contributed by atoms with E-state index in [9.17, 15) is 19.5 Å². The summed E-state index contributed by atoms with van der Waals surface area (Å²) in [5.74, 6) is -1.64. The lowest BCUT2D eigenvalue weighted by Crippen LogP contribution is -2.24. The smallest absolute Gasteiger partial charge is 0.262 e. The normalized spacial score (nSPS) is 13.2. The number of anilines is 1. The van der Waals surface area contributed by atoms with E-state index in [4.69, 9.17) is 17.3 Å². The van der Waals surface area contributed by atoms with Gasteiger partial charge in [0.15, 0.2) is 0 Å². The maximum absolute atomic E-state index is 12.3. The molecule has 2 amide bonds. The molecular weight excluding hydrogens is 310 g/mol. The van der Waals surface area contributed by atoms with Gasteiger partial charge < -0.3 is 10.8 Å². The molecule has 2 aromatic rings. The Balaban J connectivity index is 2.37. The Bertz CT molecular complexity index is 917. The van der Waals surface area contributed by atoms with Crippen molar-refractivity contribution in [3.05, 3.63) is 50.3 Å². The summed E-state index contributed by atoms with van der Waals surface area (Å²) in [7, 11) is 0. The number of nitrogens with two attached hydrogens (primary N) is 1. The zero-order valence-corrected chi connectivity index (χ0v) is 12.1. The molecule has 112 valence electrons. The lowest BCUT2D eigenvalue weighted by Gasteiger charge is -2.14. The topological polar surface area (TPSA) is 114 Å². The summed E-state index contributed by atoms with van der Waals surface area (Å²) in [6.07, 6.45) is 0. The molecule has 1 aliphatic heterocycles. The molecule has 8 heteroatoms. The molecule has 3 rings (SSSR count). The number of pyridine rings is 1. The van der Waals surface area contributed by atoms with Crippen LogP contribution in [0.25, 0.3) is 5.69 Å². The number of hydrogen-bond acceptors (Lipinski definition) is 5. The third kappa shape index (κ3) is 1.86. The maximum atomic E-state index is 12.3. The van der Waals surface area contributed by atoms with E-state index in [2.05, 4.69) is 5.32 Å². The highest BCUT2D eigenvalue weighted by molar-refractivity contribution is 6.32. The highest BCUT2D eigenvalue weighted by atomic mass is 35.5. The fourth-order valence-corrected chi connectivity index (χ4v) is 2.65. The molecule has 1 aromatic carbocycles. The molecule has 0 saturated heterocycles. The number of aromatic hydroxyl groups is 1. The Kier molecular flexibility index (Phi) is 2.96. The Labute approximate surface area is 128 Å². The largest absolute Gasteiger partial charge is 0.508 e. The van der Waals surface area contributed by atoms with Crippen LogP contribution in [0.1, 0.15) is 26.3 Å². The van der Waals surface area contributed by atoms with Crippen molar-refractivity contribution in [2.75, 3.05) is 5.73 Å². The maximum Gasteiger partial charge on any atom is 0.262 e. The van der Waals surface area contributed by atoms with Crippen LogP contribution in [0.15, 0.2) is 23.0 Å². The van der Waals surface area contributed by atoms with Crippen LogP contribution in [0, 0.1) is 6.92 Å². The lowest BCUT2D eigenvalue weighted by molar-refractivity contribution is 0.0880. The standard InChI is InChI=1S/C14H10ClN3O4/c1-5-2-7(15)8(4-9(5)19)18-10(20)3-6-11(12(18)16)14(22)17-13(6)21/h2-4,19H,16H2,1H3,(H,17,21,22). The van der Waals surface area contributed by atoms with Gasteiger partial charge in [0.25, 0.3) is 17.4 Å². The third-order valence-corrected chi connectivity index (χ3v) is 3.76. The highest BCUT2D eigenvalue weighted by Crippen LogP contribution is 2.31. The first kappa shape index (κ1) is 14.2. The van der Waals surface area contributed by atoms with Gasteiger partial charge >= 0.3 is 0 Å². The number of phenolic OH excluding ortho intramolecular Hbond substituents is 1. The van der Waals surface area contributed by atoms with Crippen molar-refractivity contribution < 1.29 is 14.7 Å². The number of nitrogen functional groups attached to an aromatic ring is 1. The molecule has 4 N–H and O–H groups in total. The van der Waals surface area contributed by atoms with Gasteiger partial charge in [0.2, 0.25) is 0 Å². The summed E-state index contributed by atoms with van der Waals surface area (Å²) in [5.41, 5.74) is 5.75. The van der Waals surface area contributed by atoms with Crippen molar-refractivity contribution in [1.29, 1.82) is 0 Å². The number of fused-ring (bicyclic) bond motifs is 1. The van der Waals surface area contributed by atoms with Crippen LogP contribution in [-0.4, -0.2) is 21.5 Å². The first-order valence-corrected chi connectivity index (χ1v) is 6.59. The Morgan fingerprint density at radius 1 is 1.18 bits per heavy atom. The predicted molar refractivity (Wildman–Crippen MR) is 79.7 cm³/mol. The summed E-state index contributed by atoms with van der Waals surface area (Å²) in [5, 5.41) is 12.1. The van der Waals surface area contributed by atoms with E-state index in [1.165, 1.54) is 12.1 Å². The second-order valence-electron chi connectivity index (χ2n) is 4.87. The molecule has 1 aromatic heterocycles. The van der Waals surface area contributed by atoms with Gasteiger partial charge in [-0.1, -0.05) is 11.6 Å². The third-order valence-electron chi connectivity index (χ3n) is 3.46. The zero-order chi connectivity index (χ0) is 16.2. The van der Waals surface area contributed by atoms with Crippen molar-refractivity contribution in [1.82, 2.24) is 9.88 Å². The number of halogens is 1. The molecule has 0 radical (unpaired) electrons. The van der Waals surface area contributed by atoms with Crippen molar-refractivity contribution in [3.8, 4) is 11.4 Å². The second kappa shape index (κ2) is 4.60. The first-order valence-electron chi connectivity index (χ1n) is 6.22. The van der Waals surface area contributed by atoms with Crippen molar-refractivity contribution in [2.24, 2.45) is 0 Å². The Morgan fingerprint density at radius 2 is 1.86 bits per heavy atom. The number of aryl methyl sites for hydroxylation is 1. The number of carbonyl (C=O) groups is 2. The number of carbonyl (C=O) groups excluding carboxylic acids is 2. The number of rotatable bonds is 1. The number of benzene rings is 1. The highest BCUT2D eigenvalue weighted by Gasteiger charge is 2.32. The molecule has 0 bridgehead atoms. The molecule has 0 unspecified atom stereocenters. The van der Waals surface area contributed by atoms with Gasteiger partial charge in [0.1, 0.15) is 11.6 Å². The molecule has 0 fully saturated rings. The minimum absolute atomic E-state index is 0.0730. The number of nitrogens with zero attached hydrogens (tertiary/aromatic N) is 1. The van der Waals surface area contributed by atoms with Gasteiger partial charge in [0, 0.05) is 12.1 Å². The Morgan fingerprint density at radius 3 is 2.55 bits per heavy atom. The van der Waals surface area contributed by atoms with Gasteiger partial charge in [-0.05, 0) is 18.6 Å². The molecule has 22 heavy (non-hydrogen) atoms. The van der Waals surface area contributed by atoms with Crippen LogP contribution in [0.5, 0.6) is 5.75 Å². The summed E-state index contributed by atoms with van der Waals surface area (Å²) in [6, 6.07) is 3.76. The van der Waals surface area contributed by atoms with E-state index in [-0.39, 0.29) is 33.4 Å². The van der Waals surface area contributed by atoms with Crippen LogP contribution in [0.4, 0.5) is 5.82 Å². The zero-order valence-electron chi connectivity index (χ0n) is 11.3. The van der Waals surface area contributed by atoms with Crippen molar-refractivity contribution in [3.63, 3.8) is 0 Å². The summed E-state index contributed by atoms with van der Waals surface area (Å²) in [6.45, 7) is 1.64. The van der Waals surface area contributed by atoms with Gasteiger partial charge in [0.05, 0.1) is 21.8 Å². The molecular formula is C14H10ClN3O4. The molecule has 0 atom stereocenters. The fourth-order valence-electron chi connectivity index (χ4n) is 2.35.